The van der Waals surface area contributed by atoms with Gasteiger partial charge in [0.15, 0.2) is 0 Å². The largest absolute Gasteiger partial charge is 0.361 e. The van der Waals surface area contributed by atoms with E-state index in [1.54, 1.807) is 0 Å². The topological polar surface area (TPSA) is 61.0 Å². The van der Waals surface area contributed by atoms with Crippen LogP contribution in [-0.2, 0) is 17.8 Å². The third-order valence-corrected chi connectivity index (χ3v) is 5.25. The molecule has 1 aromatic carbocycles. The fourth-order valence-corrected chi connectivity index (χ4v) is 3.72. The molecule has 140 valence electrons. The Bertz CT molecular complexity index is 894. The van der Waals surface area contributed by atoms with E-state index in [9.17, 15) is 4.79 Å². The van der Waals surface area contributed by atoms with Crippen LogP contribution in [0.25, 0.3) is 10.9 Å². The predicted octanol–water partition coefficient (Wildman–Crippen LogP) is 3.80. The average molecular weight is 362 g/mol. The number of anilines is 1. The Labute approximate surface area is 159 Å². The van der Waals surface area contributed by atoms with Crippen LogP contribution in [0.5, 0.6) is 0 Å². The molecule has 2 N–H and O–H groups in total. The molecule has 1 amide bonds. The Balaban J connectivity index is 1.21. The van der Waals surface area contributed by atoms with Gasteiger partial charge in [-0.25, -0.2) is 4.98 Å². The number of fused-ring (bicyclic) bond motifs is 1. The molecule has 0 unspecified atom stereocenters. The van der Waals surface area contributed by atoms with E-state index in [0.717, 1.165) is 42.8 Å². The zero-order chi connectivity index (χ0) is 18.5. The summed E-state index contributed by atoms with van der Waals surface area (Å²) >= 11 is 0. The Kier molecular flexibility index (Phi) is 5.37. The Hall–Kier alpha value is -2.82. The predicted molar refractivity (Wildman–Crippen MR) is 109 cm³/mol. The van der Waals surface area contributed by atoms with E-state index in [0.29, 0.717) is 13.0 Å². The van der Waals surface area contributed by atoms with Crippen LogP contribution >= 0.6 is 0 Å². The first-order chi connectivity index (χ1) is 13.3. The number of amides is 1. The van der Waals surface area contributed by atoms with E-state index < -0.39 is 0 Å². The number of aryl methyl sites for hydroxylation is 1. The summed E-state index contributed by atoms with van der Waals surface area (Å²) in [7, 11) is 0. The lowest BCUT2D eigenvalue weighted by Gasteiger charge is -2.16. The smallest absolute Gasteiger partial charge is 0.220 e. The second-order valence-corrected chi connectivity index (χ2v) is 7.21. The van der Waals surface area contributed by atoms with Crippen molar-refractivity contribution in [1.29, 1.82) is 0 Å². The highest BCUT2D eigenvalue weighted by Crippen LogP contribution is 2.20. The van der Waals surface area contributed by atoms with Gasteiger partial charge in [-0.05, 0) is 48.9 Å². The maximum atomic E-state index is 12.1. The summed E-state index contributed by atoms with van der Waals surface area (Å²) in [6, 6.07) is 12.4. The third-order valence-electron chi connectivity index (χ3n) is 5.25. The standard InChI is InChI=1S/C22H26N4O/c27-22(9-5-6-18-16-23-20-8-2-1-7-19(18)20)25-15-17-10-11-21(24-14-17)26-12-3-4-13-26/h1-2,7-8,10-11,14,16,23H,3-6,9,12-13,15H2,(H,25,27). The number of para-hydroxylation sites is 1. The maximum absolute atomic E-state index is 12.1. The summed E-state index contributed by atoms with van der Waals surface area (Å²) < 4.78 is 0. The second kappa shape index (κ2) is 8.25. The molecule has 4 rings (SSSR count). The van der Waals surface area contributed by atoms with Gasteiger partial charge in [-0.15, -0.1) is 0 Å². The summed E-state index contributed by atoms with van der Waals surface area (Å²) in [4.78, 5) is 22.3. The zero-order valence-electron chi connectivity index (χ0n) is 15.6. The average Bonchev–Trinajstić information content (AvgIpc) is 3.37. The molecule has 0 saturated carbocycles. The van der Waals surface area contributed by atoms with Crippen LogP contribution in [0.15, 0.2) is 48.8 Å². The van der Waals surface area contributed by atoms with Crippen molar-refractivity contribution in [3.8, 4) is 0 Å². The first-order valence-corrected chi connectivity index (χ1v) is 9.81. The van der Waals surface area contributed by atoms with Gasteiger partial charge in [0.05, 0.1) is 0 Å². The van der Waals surface area contributed by atoms with E-state index >= 15 is 0 Å². The van der Waals surface area contributed by atoms with Gasteiger partial charge in [0, 0.05) is 49.4 Å². The van der Waals surface area contributed by atoms with Crippen molar-refractivity contribution in [2.24, 2.45) is 0 Å². The van der Waals surface area contributed by atoms with Crippen LogP contribution < -0.4 is 10.2 Å². The summed E-state index contributed by atoms with van der Waals surface area (Å²) in [6.45, 7) is 2.73. The van der Waals surface area contributed by atoms with Crippen LogP contribution in [0, 0.1) is 0 Å². The summed E-state index contributed by atoms with van der Waals surface area (Å²) in [5, 5.41) is 4.26. The minimum atomic E-state index is 0.0958. The molecule has 0 radical (unpaired) electrons. The molecule has 27 heavy (non-hydrogen) atoms. The zero-order valence-corrected chi connectivity index (χ0v) is 15.6. The molecule has 5 nitrogen and oxygen atoms in total. The van der Waals surface area contributed by atoms with Crippen molar-refractivity contribution in [1.82, 2.24) is 15.3 Å². The van der Waals surface area contributed by atoms with Gasteiger partial charge in [-0.1, -0.05) is 24.3 Å². The number of carbonyl (C=O) groups excluding carboxylic acids is 1. The molecule has 5 heteroatoms. The number of hydrogen-bond donors (Lipinski definition) is 2. The molecule has 1 saturated heterocycles. The number of benzene rings is 1. The van der Waals surface area contributed by atoms with Crippen LogP contribution in [-0.4, -0.2) is 29.0 Å². The van der Waals surface area contributed by atoms with Gasteiger partial charge >= 0.3 is 0 Å². The maximum Gasteiger partial charge on any atom is 0.220 e. The first kappa shape index (κ1) is 17.6. The lowest BCUT2D eigenvalue weighted by atomic mass is 10.1. The fourth-order valence-electron chi connectivity index (χ4n) is 3.72. The second-order valence-electron chi connectivity index (χ2n) is 7.21. The highest BCUT2D eigenvalue weighted by molar-refractivity contribution is 5.83. The minimum absolute atomic E-state index is 0.0958. The van der Waals surface area contributed by atoms with Crippen molar-refractivity contribution in [2.75, 3.05) is 18.0 Å². The monoisotopic (exact) mass is 362 g/mol. The number of aromatic amines is 1. The summed E-state index contributed by atoms with van der Waals surface area (Å²) in [6.07, 6.45) is 8.72. The van der Waals surface area contributed by atoms with Gasteiger partial charge < -0.3 is 15.2 Å². The number of rotatable bonds is 7. The summed E-state index contributed by atoms with van der Waals surface area (Å²) in [5.74, 6) is 1.14. The molecule has 0 atom stereocenters. The highest BCUT2D eigenvalue weighted by atomic mass is 16.1. The third kappa shape index (κ3) is 4.30. The minimum Gasteiger partial charge on any atom is -0.361 e. The quantitative estimate of drug-likeness (QED) is 0.672. The molecule has 3 heterocycles. The van der Waals surface area contributed by atoms with E-state index in [4.69, 9.17) is 0 Å². The van der Waals surface area contributed by atoms with Gasteiger partial charge in [0.25, 0.3) is 0 Å². The molecular weight excluding hydrogens is 336 g/mol. The number of aromatic nitrogens is 2. The molecule has 1 fully saturated rings. The Morgan fingerprint density at radius 3 is 2.81 bits per heavy atom. The van der Waals surface area contributed by atoms with Crippen molar-refractivity contribution >= 4 is 22.6 Å². The van der Waals surface area contributed by atoms with Gasteiger partial charge in [-0.3, -0.25) is 4.79 Å². The molecule has 1 aliphatic heterocycles. The number of pyridine rings is 1. The van der Waals surface area contributed by atoms with E-state index in [2.05, 4.69) is 56.7 Å². The molecule has 3 aromatic rings. The lowest BCUT2D eigenvalue weighted by molar-refractivity contribution is -0.121. The van der Waals surface area contributed by atoms with Crippen LogP contribution in [0.1, 0.15) is 36.8 Å². The molecule has 0 aliphatic carbocycles. The van der Waals surface area contributed by atoms with Gasteiger partial charge in [-0.2, -0.15) is 0 Å². The number of carbonyl (C=O) groups is 1. The molecule has 0 bridgehead atoms. The van der Waals surface area contributed by atoms with Crippen LogP contribution in [0.3, 0.4) is 0 Å². The van der Waals surface area contributed by atoms with Crippen molar-refractivity contribution in [3.63, 3.8) is 0 Å². The molecule has 1 aliphatic rings. The summed E-state index contributed by atoms with van der Waals surface area (Å²) in [5.41, 5.74) is 3.48. The SMILES string of the molecule is O=C(CCCc1c[nH]c2ccccc12)NCc1ccc(N2CCCC2)nc1. The van der Waals surface area contributed by atoms with Crippen molar-refractivity contribution in [3.05, 3.63) is 59.9 Å². The normalized spacial score (nSPS) is 14.0. The highest BCUT2D eigenvalue weighted by Gasteiger charge is 2.13. The van der Waals surface area contributed by atoms with E-state index in [1.807, 2.05) is 12.3 Å². The van der Waals surface area contributed by atoms with Gasteiger partial charge in [0.1, 0.15) is 5.82 Å². The molecule has 0 spiro atoms. The number of H-pyrrole nitrogens is 1. The number of hydrogen-bond acceptors (Lipinski definition) is 3. The van der Waals surface area contributed by atoms with E-state index in [-0.39, 0.29) is 5.91 Å². The first-order valence-electron chi connectivity index (χ1n) is 9.81. The Morgan fingerprint density at radius 1 is 1.15 bits per heavy atom. The van der Waals surface area contributed by atoms with Crippen LogP contribution in [0.4, 0.5) is 5.82 Å². The van der Waals surface area contributed by atoms with E-state index in [1.165, 1.54) is 23.8 Å². The van der Waals surface area contributed by atoms with Gasteiger partial charge in [0.2, 0.25) is 5.91 Å². The Morgan fingerprint density at radius 2 is 2.00 bits per heavy atom. The lowest BCUT2D eigenvalue weighted by Crippen LogP contribution is -2.23. The van der Waals surface area contributed by atoms with Crippen molar-refractivity contribution in [2.45, 2.75) is 38.6 Å². The number of nitrogens with zero attached hydrogens (tertiary/aromatic N) is 2. The molecular formula is C22H26N4O. The van der Waals surface area contributed by atoms with Crippen molar-refractivity contribution < 1.29 is 4.79 Å². The van der Waals surface area contributed by atoms with Crippen LogP contribution in [0.2, 0.25) is 0 Å². The number of nitrogens with one attached hydrogen (secondary N) is 2. The molecule has 2 aromatic heterocycles. The fraction of sp³-hybridized carbons (Fsp3) is 0.364.